The molecule has 2 rings (SSSR count). The predicted octanol–water partition coefficient (Wildman–Crippen LogP) is 4.59. The summed E-state index contributed by atoms with van der Waals surface area (Å²) in [6.07, 6.45) is 9.32. The first-order valence-corrected chi connectivity index (χ1v) is 7.41. The molecule has 1 aromatic heterocycles. The molecule has 1 atom stereocenters. The average molecular weight is 269 g/mol. The van der Waals surface area contributed by atoms with Crippen LogP contribution in [0, 0.1) is 19.3 Å². The molecule has 2 heteroatoms. The van der Waals surface area contributed by atoms with E-state index in [1.54, 1.807) is 0 Å². The second-order valence-electron chi connectivity index (χ2n) is 5.29. The second kappa shape index (κ2) is 7.17. The Bertz CT molecular complexity index is 591. The number of rotatable bonds is 7. The molecule has 0 bridgehead atoms. The fraction of sp³-hybridized carbons (Fsp3) is 0.444. The summed E-state index contributed by atoms with van der Waals surface area (Å²) in [6, 6.07) is 8.72. The molecule has 0 aliphatic carbocycles. The third kappa shape index (κ3) is 3.65. The van der Waals surface area contributed by atoms with E-state index in [0.717, 1.165) is 43.6 Å². The number of fused-ring (bicyclic) bond motifs is 1. The van der Waals surface area contributed by atoms with Gasteiger partial charge in [0.15, 0.2) is 0 Å². The highest BCUT2D eigenvalue weighted by atomic mass is 16.3. The van der Waals surface area contributed by atoms with Gasteiger partial charge in [0, 0.05) is 11.8 Å². The van der Waals surface area contributed by atoms with Crippen LogP contribution in [0.15, 0.2) is 28.7 Å². The molecular weight excluding hydrogens is 246 g/mol. The van der Waals surface area contributed by atoms with Crippen molar-refractivity contribution in [3.8, 4) is 12.3 Å². The summed E-state index contributed by atoms with van der Waals surface area (Å²) in [5.41, 5.74) is 2.22. The Morgan fingerprint density at radius 3 is 2.95 bits per heavy atom. The fourth-order valence-corrected chi connectivity index (χ4v) is 2.43. The van der Waals surface area contributed by atoms with Gasteiger partial charge >= 0.3 is 0 Å². The molecule has 0 radical (unpaired) electrons. The summed E-state index contributed by atoms with van der Waals surface area (Å²) in [5, 5.41) is 4.74. The molecule has 1 unspecified atom stereocenters. The van der Waals surface area contributed by atoms with Crippen LogP contribution in [0.25, 0.3) is 11.0 Å². The minimum atomic E-state index is 0.260. The van der Waals surface area contributed by atoms with E-state index in [1.165, 1.54) is 10.9 Å². The molecule has 0 saturated heterocycles. The highest BCUT2D eigenvalue weighted by molar-refractivity contribution is 5.78. The quantitative estimate of drug-likeness (QED) is 0.587. The van der Waals surface area contributed by atoms with Gasteiger partial charge in [-0.1, -0.05) is 18.6 Å². The first-order valence-electron chi connectivity index (χ1n) is 7.41. The highest BCUT2D eigenvalue weighted by Crippen LogP contribution is 2.27. The number of benzene rings is 1. The predicted molar refractivity (Wildman–Crippen MR) is 84.7 cm³/mol. The first kappa shape index (κ1) is 14.7. The number of hydrogen-bond acceptors (Lipinski definition) is 2. The van der Waals surface area contributed by atoms with Crippen LogP contribution in [-0.2, 0) is 0 Å². The lowest BCUT2D eigenvalue weighted by Crippen LogP contribution is -2.21. The van der Waals surface area contributed by atoms with Gasteiger partial charge in [0.25, 0.3) is 0 Å². The smallest absolute Gasteiger partial charge is 0.134 e. The minimum absolute atomic E-state index is 0.260. The SMILES string of the molecule is C#CCCCC(NCCC)c1cc2cc(C)ccc2o1. The maximum atomic E-state index is 6.00. The van der Waals surface area contributed by atoms with Gasteiger partial charge in [-0.2, -0.15) is 0 Å². The van der Waals surface area contributed by atoms with Crippen molar-refractivity contribution in [1.82, 2.24) is 5.32 Å². The summed E-state index contributed by atoms with van der Waals surface area (Å²) < 4.78 is 6.00. The number of nitrogens with one attached hydrogen (secondary N) is 1. The summed E-state index contributed by atoms with van der Waals surface area (Å²) in [7, 11) is 0. The summed E-state index contributed by atoms with van der Waals surface area (Å²) >= 11 is 0. The lowest BCUT2D eigenvalue weighted by Gasteiger charge is -2.15. The Morgan fingerprint density at radius 2 is 2.20 bits per heavy atom. The standard InChI is InChI=1S/C18H23NO/c1-4-6-7-8-16(19-11-5-2)18-13-15-12-14(3)9-10-17(15)20-18/h1,9-10,12-13,16,19H,5-8,11H2,2-3H3. The molecule has 1 heterocycles. The second-order valence-corrected chi connectivity index (χ2v) is 5.29. The van der Waals surface area contributed by atoms with Gasteiger partial charge < -0.3 is 9.73 Å². The Labute approximate surface area is 121 Å². The zero-order valence-corrected chi connectivity index (χ0v) is 12.4. The Kier molecular flexibility index (Phi) is 5.26. The van der Waals surface area contributed by atoms with Crippen molar-refractivity contribution in [2.45, 2.75) is 45.6 Å². The minimum Gasteiger partial charge on any atom is -0.459 e. The summed E-state index contributed by atoms with van der Waals surface area (Å²) in [6.45, 7) is 5.27. The van der Waals surface area contributed by atoms with Crippen LogP contribution in [0.5, 0.6) is 0 Å². The normalized spacial score (nSPS) is 12.4. The van der Waals surface area contributed by atoms with Crippen molar-refractivity contribution in [2.24, 2.45) is 0 Å². The van der Waals surface area contributed by atoms with E-state index in [4.69, 9.17) is 10.8 Å². The van der Waals surface area contributed by atoms with Gasteiger partial charge in [0.2, 0.25) is 0 Å². The molecule has 20 heavy (non-hydrogen) atoms. The average Bonchev–Trinajstić information content (AvgIpc) is 2.85. The molecule has 0 aliphatic rings. The lowest BCUT2D eigenvalue weighted by molar-refractivity contribution is 0.404. The topological polar surface area (TPSA) is 25.2 Å². The van der Waals surface area contributed by atoms with Gasteiger partial charge in [0.05, 0.1) is 6.04 Å². The molecule has 1 aromatic carbocycles. The Morgan fingerprint density at radius 1 is 1.35 bits per heavy atom. The molecule has 1 N–H and O–H groups in total. The lowest BCUT2D eigenvalue weighted by atomic mass is 10.1. The van der Waals surface area contributed by atoms with Crippen LogP contribution in [0.1, 0.15) is 50.0 Å². The molecule has 0 saturated carbocycles. The van der Waals surface area contributed by atoms with Crippen molar-refractivity contribution in [1.29, 1.82) is 0 Å². The van der Waals surface area contributed by atoms with Crippen molar-refractivity contribution in [3.05, 3.63) is 35.6 Å². The number of furan rings is 1. The largest absolute Gasteiger partial charge is 0.459 e. The van der Waals surface area contributed by atoms with E-state index in [0.29, 0.717) is 0 Å². The molecular formula is C18H23NO. The first-order chi connectivity index (χ1) is 9.74. The molecule has 106 valence electrons. The van der Waals surface area contributed by atoms with E-state index in [9.17, 15) is 0 Å². The third-order valence-electron chi connectivity index (χ3n) is 3.49. The van der Waals surface area contributed by atoms with E-state index < -0.39 is 0 Å². The highest BCUT2D eigenvalue weighted by Gasteiger charge is 2.15. The van der Waals surface area contributed by atoms with Crippen LogP contribution in [0.3, 0.4) is 0 Å². The van der Waals surface area contributed by atoms with E-state index >= 15 is 0 Å². The van der Waals surface area contributed by atoms with Gasteiger partial charge in [-0.15, -0.1) is 12.3 Å². The van der Waals surface area contributed by atoms with Crippen LogP contribution >= 0.6 is 0 Å². The van der Waals surface area contributed by atoms with Gasteiger partial charge in [-0.05, 0) is 50.9 Å². The zero-order chi connectivity index (χ0) is 14.4. The van der Waals surface area contributed by atoms with Crippen LogP contribution < -0.4 is 5.32 Å². The molecule has 0 spiro atoms. The van der Waals surface area contributed by atoms with Crippen LogP contribution in [0.4, 0.5) is 0 Å². The summed E-state index contributed by atoms with van der Waals surface area (Å²) in [4.78, 5) is 0. The molecule has 2 nitrogen and oxygen atoms in total. The Hall–Kier alpha value is -1.72. The van der Waals surface area contributed by atoms with Gasteiger partial charge in [-0.25, -0.2) is 0 Å². The maximum Gasteiger partial charge on any atom is 0.134 e. The molecule has 0 fully saturated rings. The monoisotopic (exact) mass is 269 g/mol. The number of hydrogen-bond donors (Lipinski definition) is 1. The molecule has 0 amide bonds. The van der Waals surface area contributed by atoms with E-state index in [1.807, 2.05) is 6.07 Å². The van der Waals surface area contributed by atoms with Crippen LogP contribution in [-0.4, -0.2) is 6.54 Å². The van der Waals surface area contributed by atoms with Crippen LogP contribution in [0.2, 0.25) is 0 Å². The zero-order valence-electron chi connectivity index (χ0n) is 12.4. The summed E-state index contributed by atoms with van der Waals surface area (Å²) in [5.74, 6) is 3.73. The Balaban J connectivity index is 2.18. The van der Waals surface area contributed by atoms with Crippen molar-refractivity contribution >= 4 is 11.0 Å². The third-order valence-corrected chi connectivity index (χ3v) is 3.49. The van der Waals surface area contributed by atoms with Crippen molar-refractivity contribution < 1.29 is 4.42 Å². The van der Waals surface area contributed by atoms with Gasteiger partial charge in [-0.3, -0.25) is 0 Å². The van der Waals surface area contributed by atoms with E-state index in [2.05, 4.69) is 43.3 Å². The molecule has 2 aromatic rings. The molecule has 0 aliphatic heterocycles. The van der Waals surface area contributed by atoms with E-state index in [-0.39, 0.29) is 6.04 Å². The number of aryl methyl sites for hydroxylation is 1. The number of unbranched alkanes of at least 4 members (excludes halogenated alkanes) is 1. The maximum absolute atomic E-state index is 6.00. The number of terminal acetylenes is 1. The van der Waals surface area contributed by atoms with Crippen molar-refractivity contribution in [3.63, 3.8) is 0 Å². The van der Waals surface area contributed by atoms with Gasteiger partial charge in [0.1, 0.15) is 11.3 Å². The fourth-order valence-electron chi connectivity index (χ4n) is 2.43. The van der Waals surface area contributed by atoms with Crippen molar-refractivity contribution in [2.75, 3.05) is 6.54 Å².